The maximum absolute atomic E-state index is 10.2. The van der Waals surface area contributed by atoms with E-state index in [0.29, 0.717) is 0 Å². The zero-order valence-electron chi connectivity index (χ0n) is 9.91. The summed E-state index contributed by atoms with van der Waals surface area (Å²) in [7, 11) is 0. The summed E-state index contributed by atoms with van der Waals surface area (Å²) in [5, 5.41) is 19.4. The summed E-state index contributed by atoms with van der Waals surface area (Å²) in [6, 6.07) is 11.5. The molecule has 1 aliphatic heterocycles. The average molecular weight is 231 g/mol. The molecule has 4 atom stereocenters. The van der Waals surface area contributed by atoms with Crippen LogP contribution in [0.1, 0.15) is 31.4 Å². The van der Waals surface area contributed by atoms with Crippen molar-refractivity contribution in [2.75, 3.05) is 0 Å². The van der Waals surface area contributed by atoms with Crippen molar-refractivity contribution in [3.8, 4) is 6.07 Å². The van der Waals surface area contributed by atoms with Gasteiger partial charge in [0.15, 0.2) is 0 Å². The minimum atomic E-state index is -0.767. The molecular weight excluding hydrogens is 214 g/mol. The van der Waals surface area contributed by atoms with Gasteiger partial charge in [0.1, 0.15) is 5.92 Å². The highest BCUT2D eigenvalue weighted by molar-refractivity contribution is 5.20. The summed E-state index contributed by atoms with van der Waals surface area (Å²) in [4.78, 5) is 0. The van der Waals surface area contributed by atoms with Crippen LogP contribution >= 0.6 is 0 Å². The highest BCUT2D eigenvalue weighted by Crippen LogP contribution is 2.32. The van der Waals surface area contributed by atoms with Crippen molar-refractivity contribution in [2.45, 2.75) is 38.1 Å². The van der Waals surface area contributed by atoms with E-state index in [9.17, 15) is 10.4 Å². The lowest BCUT2D eigenvalue weighted by molar-refractivity contribution is -0.00911. The third-order valence-electron chi connectivity index (χ3n) is 3.30. The van der Waals surface area contributed by atoms with Crippen LogP contribution in [0.15, 0.2) is 30.3 Å². The SMILES string of the molecule is CC1CCC(C(C#N)[C@H](O)c2ccccc2)O1. The Morgan fingerprint density at radius 2 is 2.06 bits per heavy atom. The van der Waals surface area contributed by atoms with E-state index in [1.807, 2.05) is 37.3 Å². The summed E-state index contributed by atoms with van der Waals surface area (Å²) in [6.45, 7) is 2.00. The Labute approximate surface area is 102 Å². The fourth-order valence-electron chi connectivity index (χ4n) is 2.31. The van der Waals surface area contributed by atoms with Gasteiger partial charge in [-0.3, -0.25) is 0 Å². The van der Waals surface area contributed by atoms with Gasteiger partial charge in [-0.25, -0.2) is 0 Å². The number of nitriles is 1. The Kier molecular flexibility index (Phi) is 3.78. The molecular formula is C14H17NO2. The predicted molar refractivity (Wildman–Crippen MR) is 64.1 cm³/mol. The third kappa shape index (κ3) is 2.66. The highest BCUT2D eigenvalue weighted by Gasteiger charge is 2.34. The largest absolute Gasteiger partial charge is 0.387 e. The van der Waals surface area contributed by atoms with E-state index in [2.05, 4.69) is 6.07 Å². The lowest BCUT2D eigenvalue weighted by Gasteiger charge is -2.22. The molecule has 1 aliphatic rings. The molecule has 0 amide bonds. The summed E-state index contributed by atoms with van der Waals surface area (Å²) in [6.07, 6.45) is 1.09. The minimum absolute atomic E-state index is 0.148. The Bertz CT molecular complexity index is 398. The van der Waals surface area contributed by atoms with Crippen molar-refractivity contribution in [3.63, 3.8) is 0 Å². The summed E-state index contributed by atoms with van der Waals surface area (Å²) >= 11 is 0. The van der Waals surface area contributed by atoms with Crippen LogP contribution in [0.25, 0.3) is 0 Å². The first-order valence-corrected chi connectivity index (χ1v) is 6.00. The number of hydrogen-bond acceptors (Lipinski definition) is 3. The molecule has 3 nitrogen and oxygen atoms in total. The second-order valence-corrected chi connectivity index (χ2v) is 4.57. The number of benzene rings is 1. The van der Waals surface area contributed by atoms with Gasteiger partial charge in [-0.05, 0) is 25.3 Å². The minimum Gasteiger partial charge on any atom is -0.387 e. The molecule has 3 unspecified atom stereocenters. The van der Waals surface area contributed by atoms with E-state index < -0.39 is 12.0 Å². The molecule has 2 rings (SSSR count). The molecule has 0 saturated carbocycles. The Morgan fingerprint density at radius 3 is 2.59 bits per heavy atom. The molecule has 90 valence electrons. The van der Waals surface area contributed by atoms with Crippen LogP contribution < -0.4 is 0 Å². The molecule has 1 aromatic rings. The van der Waals surface area contributed by atoms with Crippen LogP contribution in [0, 0.1) is 17.2 Å². The van der Waals surface area contributed by atoms with E-state index >= 15 is 0 Å². The van der Waals surface area contributed by atoms with Crippen molar-refractivity contribution in [1.29, 1.82) is 5.26 Å². The first-order valence-electron chi connectivity index (χ1n) is 6.00. The second-order valence-electron chi connectivity index (χ2n) is 4.57. The van der Waals surface area contributed by atoms with E-state index in [-0.39, 0.29) is 12.2 Å². The molecule has 17 heavy (non-hydrogen) atoms. The van der Waals surface area contributed by atoms with Gasteiger partial charge in [-0.1, -0.05) is 30.3 Å². The van der Waals surface area contributed by atoms with Crippen LogP contribution in [0.4, 0.5) is 0 Å². The molecule has 0 aliphatic carbocycles. The average Bonchev–Trinajstić information content (AvgIpc) is 2.78. The molecule has 1 heterocycles. The van der Waals surface area contributed by atoms with Crippen molar-refractivity contribution in [3.05, 3.63) is 35.9 Å². The molecule has 1 aromatic carbocycles. The van der Waals surface area contributed by atoms with Crippen molar-refractivity contribution in [1.82, 2.24) is 0 Å². The van der Waals surface area contributed by atoms with E-state index in [4.69, 9.17) is 4.74 Å². The van der Waals surface area contributed by atoms with E-state index in [0.717, 1.165) is 18.4 Å². The summed E-state index contributed by atoms with van der Waals surface area (Å²) < 4.78 is 5.67. The third-order valence-corrected chi connectivity index (χ3v) is 3.30. The maximum atomic E-state index is 10.2. The van der Waals surface area contributed by atoms with Crippen LogP contribution in [0.5, 0.6) is 0 Å². The van der Waals surface area contributed by atoms with E-state index in [1.54, 1.807) is 0 Å². The maximum Gasteiger partial charge on any atom is 0.103 e. The molecule has 0 aromatic heterocycles. The first-order chi connectivity index (χ1) is 8.22. The quantitative estimate of drug-likeness (QED) is 0.869. The fourth-order valence-corrected chi connectivity index (χ4v) is 2.31. The molecule has 3 heteroatoms. The standard InChI is InChI=1S/C14H17NO2/c1-10-7-8-13(17-10)12(9-15)14(16)11-5-3-2-4-6-11/h2-6,10,12-14,16H,7-8H2,1H3/t10?,12?,13?,14-/m1/s1. The van der Waals surface area contributed by atoms with Crippen molar-refractivity contribution >= 4 is 0 Å². The van der Waals surface area contributed by atoms with Crippen molar-refractivity contribution < 1.29 is 9.84 Å². The fraction of sp³-hybridized carbons (Fsp3) is 0.500. The molecule has 0 bridgehead atoms. The normalized spacial score (nSPS) is 27.4. The lowest BCUT2D eigenvalue weighted by Crippen LogP contribution is -2.25. The number of rotatable bonds is 3. The van der Waals surface area contributed by atoms with Gasteiger partial charge in [0.2, 0.25) is 0 Å². The molecule has 1 saturated heterocycles. The van der Waals surface area contributed by atoms with Gasteiger partial charge in [-0.15, -0.1) is 0 Å². The van der Waals surface area contributed by atoms with Crippen molar-refractivity contribution in [2.24, 2.45) is 5.92 Å². The summed E-state index contributed by atoms with van der Waals surface area (Å²) in [5.74, 6) is -0.484. The molecule has 1 fully saturated rings. The second kappa shape index (κ2) is 5.31. The Balaban J connectivity index is 2.11. The zero-order chi connectivity index (χ0) is 12.3. The van der Waals surface area contributed by atoms with Gasteiger partial charge >= 0.3 is 0 Å². The number of aliphatic hydroxyl groups excluding tert-OH is 1. The summed E-state index contributed by atoms with van der Waals surface area (Å²) in [5.41, 5.74) is 0.780. The van der Waals surface area contributed by atoms with Gasteiger partial charge < -0.3 is 9.84 Å². The lowest BCUT2D eigenvalue weighted by atomic mass is 9.91. The predicted octanol–water partition coefficient (Wildman–Crippen LogP) is 2.43. The van der Waals surface area contributed by atoms with Gasteiger partial charge in [0, 0.05) is 0 Å². The first kappa shape index (κ1) is 12.1. The van der Waals surface area contributed by atoms with Crippen LogP contribution in [0.2, 0.25) is 0 Å². The van der Waals surface area contributed by atoms with Gasteiger partial charge in [-0.2, -0.15) is 5.26 Å². The van der Waals surface area contributed by atoms with E-state index in [1.165, 1.54) is 0 Å². The number of hydrogen-bond donors (Lipinski definition) is 1. The topological polar surface area (TPSA) is 53.2 Å². The Hall–Kier alpha value is -1.37. The molecule has 0 spiro atoms. The molecule has 0 radical (unpaired) electrons. The van der Waals surface area contributed by atoms with Crippen LogP contribution in [-0.4, -0.2) is 17.3 Å². The van der Waals surface area contributed by atoms with Crippen LogP contribution in [-0.2, 0) is 4.74 Å². The Morgan fingerprint density at radius 1 is 1.35 bits per heavy atom. The molecule has 1 N–H and O–H groups in total. The number of ether oxygens (including phenoxy) is 1. The van der Waals surface area contributed by atoms with Crippen LogP contribution in [0.3, 0.4) is 0 Å². The van der Waals surface area contributed by atoms with Gasteiger partial charge in [0.05, 0.1) is 24.4 Å². The smallest absolute Gasteiger partial charge is 0.103 e. The highest BCUT2D eigenvalue weighted by atomic mass is 16.5. The number of aliphatic hydroxyl groups is 1. The van der Waals surface area contributed by atoms with Gasteiger partial charge in [0.25, 0.3) is 0 Å². The zero-order valence-corrected chi connectivity index (χ0v) is 9.91. The number of nitrogens with zero attached hydrogens (tertiary/aromatic N) is 1. The monoisotopic (exact) mass is 231 g/mol.